The molecule has 2 heterocycles. The van der Waals surface area contributed by atoms with Crippen LogP contribution in [0.2, 0.25) is 0 Å². The van der Waals surface area contributed by atoms with Crippen molar-refractivity contribution >= 4 is 11.8 Å². The molecule has 5 nitrogen and oxygen atoms in total. The van der Waals surface area contributed by atoms with Crippen LogP contribution in [0.1, 0.15) is 49.7 Å². The van der Waals surface area contributed by atoms with Gasteiger partial charge < -0.3 is 15.2 Å². The number of carbonyl (C=O) groups is 1. The van der Waals surface area contributed by atoms with E-state index in [4.69, 9.17) is 4.74 Å². The topological polar surface area (TPSA) is 71.5 Å². The number of hydrogen-bond donors (Lipinski definition) is 2. The van der Waals surface area contributed by atoms with E-state index in [2.05, 4.69) is 10.3 Å². The van der Waals surface area contributed by atoms with Crippen molar-refractivity contribution in [3.8, 4) is 0 Å². The molecular formula is C15H22N2O3. The maximum Gasteiger partial charge on any atom is 0.335 e. The lowest BCUT2D eigenvalue weighted by Gasteiger charge is -2.20. The van der Waals surface area contributed by atoms with E-state index in [9.17, 15) is 9.90 Å². The fourth-order valence-electron chi connectivity index (χ4n) is 2.15. The molecule has 1 atom stereocenters. The summed E-state index contributed by atoms with van der Waals surface area (Å²) in [6.07, 6.45) is 2.32. The molecule has 0 saturated carbocycles. The van der Waals surface area contributed by atoms with Gasteiger partial charge in [-0.25, -0.2) is 9.78 Å². The molecule has 2 N–H and O–H groups in total. The molecular weight excluding hydrogens is 256 g/mol. The molecule has 1 aromatic rings. The lowest BCUT2D eigenvalue weighted by Crippen LogP contribution is -2.21. The van der Waals surface area contributed by atoms with Crippen molar-refractivity contribution < 1.29 is 14.6 Å². The first-order valence-corrected chi connectivity index (χ1v) is 6.97. The maximum atomic E-state index is 11.2. The Labute approximate surface area is 119 Å². The fourth-order valence-corrected chi connectivity index (χ4v) is 2.15. The van der Waals surface area contributed by atoms with E-state index in [0.29, 0.717) is 12.4 Å². The average molecular weight is 278 g/mol. The summed E-state index contributed by atoms with van der Waals surface area (Å²) in [4.78, 5) is 15.7. The quantitative estimate of drug-likeness (QED) is 0.886. The molecule has 0 amide bonds. The first kappa shape index (κ1) is 14.8. The van der Waals surface area contributed by atoms with Gasteiger partial charge in [0.15, 0.2) is 0 Å². The number of anilines is 1. The van der Waals surface area contributed by atoms with Gasteiger partial charge in [-0.05, 0) is 25.0 Å². The van der Waals surface area contributed by atoms with Crippen LogP contribution in [0, 0.1) is 0 Å². The summed E-state index contributed by atoms with van der Waals surface area (Å²) in [5, 5.41) is 12.4. The number of nitrogens with one attached hydrogen (secondary N) is 1. The first-order chi connectivity index (χ1) is 9.36. The Hall–Kier alpha value is -1.62. The summed E-state index contributed by atoms with van der Waals surface area (Å²) in [6.45, 7) is 7.53. The molecule has 5 heteroatoms. The Kier molecular flexibility index (Phi) is 4.28. The summed E-state index contributed by atoms with van der Waals surface area (Å²) < 4.78 is 5.54. The molecule has 1 unspecified atom stereocenters. The molecule has 1 saturated heterocycles. The molecule has 20 heavy (non-hydrogen) atoms. The number of aromatic carboxylic acids is 1. The van der Waals surface area contributed by atoms with Crippen molar-refractivity contribution in [2.24, 2.45) is 0 Å². The third-order valence-electron chi connectivity index (χ3n) is 3.38. The Morgan fingerprint density at radius 3 is 2.80 bits per heavy atom. The fraction of sp³-hybridized carbons (Fsp3) is 0.600. The predicted molar refractivity (Wildman–Crippen MR) is 77.4 cm³/mol. The third-order valence-corrected chi connectivity index (χ3v) is 3.38. The SMILES string of the molecule is CC(C)(C)c1cc(C(=O)O)cc(NCC2CCCO2)n1. The highest BCUT2D eigenvalue weighted by atomic mass is 16.5. The second kappa shape index (κ2) is 5.79. The minimum atomic E-state index is -0.932. The highest BCUT2D eigenvalue weighted by molar-refractivity contribution is 5.88. The summed E-state index contributed by atoms with van der Waals surface area (Å²) in [5.41, 5.74) is 0.846. The molecule has 0 spiro atoms. The highest BCUT2D eigenvalue weighted by Gasteiger charge is 2.20. The normalized spacial score (nSPS) is 19.1. The predicted octanol–water partition coefficient (Wildman–Crippen LogP) is 2.67. The minimum absolute atomic E-state index is 0.189. The van der Waals surface area contributed by atoms with Crippen molar-refractivity contribution in [2.45, 2.75) is 45.1 Å². The molecule has 1 aliphatic heterocycles. The number of carboxylic acids is 1. The van der Waals surface area contributed by atoms with Gasteiger partial charge in [0.2, 0.25) is 0 Å². The third kappa shape index (κ3) is 3.70. The summed E-state index contributed by atoms with van der Waals surface area (Å²) in [7, 11) is 0. The number of nitrogens with zero attached hydrogens (tertiary/aromatic N) is 1. The number of hydrogen-bond acceptors (Lipinski definition) is 4. The zero-order chi connectivity index (χ0) is 14.8. The van der Waals surface area contributed by atoms with Gasteiger partial charge in [-0.2, -0.15) is 0 Å². The van der Waals surface area contributed by atoms with Gasteiger partial charge in [0.25, 0.3) is 0 Å². The second-order valence-electron chi connectivity index (χ2n) is 6.20. The standard InChI is InChI=1S/C15H22N2O3/c1-15(2,3)12-7-10(14(18)19)8-13(17-12)16-9-11-5-4-6-20-11/h7-8,11H,4-6,9H2,1-3H3,(H,16,17)(H,18,19). The van der Waals surface area contributed by atoms with E-state index in [1.165, 1.54) is 0 Å². The Morgan fingerprint density at radius 1 is 1.50 bits per heavy atom. The van der Waals surface area contributed by atoms with Gasteiger partial charge in [-0.15, -0.1) is 0 Å². The summed E-state index contributed by atoms with van der Waals surface area (Å²) in [6, 6.07) is 3.21. The van der Waals surface area contributed by atoms with Crippen LogP contribution >= 0.6 is 0 Å². The summed E-state index contributed by atoms with van der Waals surface area (Å²) in [5.74, 6) is -0.330. The van der Waals surface area contributed by atoms with E-state index in [-0.39, 0.29) is 17.1 Å². The molecule has 0 radical (unpaired) electrons. The Bertz CT molecular complexity index is 488. The van der Waals surface area contributed by atoms with E-state index < -0.39 is 5.97 Å². The van der Waals surface area contributed by atoms with Gasteiger partial charge in [-0.3, -0.25) is 0 Å². The second-order valence-corrected chi connectivity index (χ2v) is 6.20. The van der Waals surface area contributed by atoms with Crippen LogP contribution in [-0.2, 0) is 10.2 Å². The van der Waals surface area contributed by atoms with Gasteiger partial charge >= 0.3 is 5.97 Å². The molecule has 1 aromatic heterocycles. The first-order valence-electron chi connectivity index (χ1n) is 6.97. The van der Waals surface area contributed by atoms with Crippen molar-refractivity contribution in [1.29, 1.82) is 0 Å². The Balaban J connectivity index is 2.17. The largest absolute Gasteiger partial charge is 0.478 e. The molecule has 0 bridgehead atoms. The van der Waals surface area contributed by atoms with Crippen molar-refractivity contribution in [1.82, 2.24) is 4.98 Å². The monoisotopic (exact) mass is 278 g/mol. The molecule has 110 valence electrons. The van der Waals surface area contributed by atoms with Crippen molar-refractivity contribution in [2.75, 3.05) is 18.5 Å². The van der Waals surface area contributed by atoms with Gasteiger partial charge in [0, 0.05) is 24.3 Å². The van der Waals surface area contributed by atoms with Crippen LogP contribution in [0.3, 0.4) is 0 Å². The van der Waals surface area contributed by atoms with E-state index in [1.807, 2.05) is 20.8 Å². The van der Waals surface area contributed by atoms with Gasteiger partial charge in [-0.1, -0.05) is 20.8 Å². The lowest BCUT2D eigenvalue weighted by molar-refractivity contribution is 0.0696. The summed E-state index contributed by atoms with van der Waals surface area (Å²) >= 11 is 0. The van der Waals surface area contributed by atoms with Crippen LogP contribution in [0.4, 0.5) is 5.82 Å². The molecule has 1 fully saturated rings. The molecule has 0 aromatic carbocycles. The molecule has 0 aliphatic carbocycles. The number of ether oxygens (including phenoxy) is 1. The van der Waals surface area contributed by atoms with E-state index in [1.54, 1.807) is 12.1 Å². The minimum Gasteiger partial charge on any atom is -0.478 e. The average Bonchev–Trinajstić information content (AvgIpc) is 2.88. The van der Waals surface area contributed by atoms with Crippen LogP contribution in [0.15, 0.2) is 12.1 Å². The number of aromatic nitrogens is 1. The van der Waals surface area contributed by atoms with E-state index >= 15 is 0 Å². The number of rotatable bonds is 4. The van der Waals surface area contributed by atoms with Crippen molar-refractivity contribution in [3.05, 3.63) is 23.4 Å². The van der Waals surface area contributed by atoms with Crippen molar-refractivity contribution in [3.63, 3.8) is 0 Å². The number of carboxylic acid groups (broad SMARTS) is 1. The van der Waals surface area contributed by atoms with E-state index in [0.717, 1.165) is 25.1 Å². The van der Waals surface area contributed by atoms with Gasteiger partial charge in [0.1, 0.15) is 5.82 Å². The van der Waals surface area contributed by atoms with Gasteiger partial charge in [0.05, 0.1) is 11.7 Å². The maximum absolute atomic E-state index is 11.2. The molecule has 2 rings (SSSR count). The highest BCUT2D eigenvalue weighted by Crippen LogP contribution is 2.23. The number of pyridine rings is 1. The zero-order valence-electron chi connectivity index (χ0n) is 12.3. The zero-order valence-corrected chi connectivity index (χ0v) is 12.3. The van der Waals surface area contributed by atoms with Crippen LogP contribution in [0.5, 0.6) is 0 Å². The van der Waals surface area contributed by atoms with Crippen LogP contribution < -0.4 is 5.32 Å². The van der Waals surface area contributed by atoms with Crippen LogP contribution in [-0.4, -0.2) is 35.3 Å². The smallest absolute Gasteiger partial charge is 0.335 e. The lowest BCUT2D eigenvalue weighted by atomic mass is 9.91. The Morgan fingerprint density at radius 2 is 2.25 bits per heavy atom. The van der Waals surface area contributed by atoms with Crippen LogP contribution in [0.25, 0.3) is 0 Å². The molecule has 1 aliphatic rings.